The van der Waals surface area contributed by atoms with Crippen LogP contribution in [0.2, 0.25) is 0 Å². The molecule has 2 heterocycles. The summed E-state index contributed by atoms with van der Waals surface area (Å²) in [5.74, 6) is 0.144. The third-order valence-corrected chi connectivity index (χ3v) is 3.42. The molecule has 6 heteroatoms. The van der Waals surface area contributed by atoms with Gasteiger partial charge < -0.3 is 0 Å². The number of rotatable bonds is 1. The summed E-state index contributed by atoms with van der Waals surface area (Å²) in [5, 5.41) is 0. The summed E-state index contributed by atoms with van der Waals surface area (Å²) in [6.45, 7) is 5.34. The summed E-state index contributed by atoms with van der Waals surface area (Å²) in [5.41, 5.74) is 0. The number of carbonyl (C=O) groups is 2. The molecule has 2 rings (SSSR count). The average molecular weight is 238 g/mol. The molecule has 0 aromatic carbocycles. The monoisotopic (exact) mass is 238 g/mol. The van der Waals surface area contributed by atoms with Crippen molar-refractivity contribution >= 4 is 17.8 Å². The molecule has 1 unspecified atom stereocenters. The van der Waals surface area contributed by atoms with Crippen LogP contribution < -0.4 is 0 Å². The van der Waals surface area contributed by atoms with E-state index in [0.717, 1.165) is 0 Å². The van der Waals surface area contributed by atoms with E-state index in [1.54, 1.807) is 7.05 Å². The molecule has 1 atom stereocenters. The maximum Gasteiger partial charge on any atom is 0.331 e. The van der Waals surface area contributed by atoms with Gasteiger partial charge in [0.05, 0.1) is 6.67 Å². The van der Waals surface area contributed by atoms with Gasteiger partial charge in [0.2, 0.25) is 5.91 Å². The van der Waals surface area contributed by atoms with E-state index < -0.39 is 0 Å². The van der Waals surface area contributed by atoms with Crippen molar-refractivity contribution in [2.24, 2.45) is 10.9 Å². The molecule has 0 N–H and O–H groups in total. The number of carbonyl (C=O) groups excluding carboxylic acids is 2. The third-order valence-electron chi connectivity index (χ3n) is 3.42. The minimum absolute atomic E-state index is 0.155. The maximum absolute atomic E-state index is 12.1. The van der Waals surface area contributed by atoms with Crippen molar-refractivity contribution < 1.29 is 9.59 Å². The average Bonchev–Trinajstić information content (AvgIpc) is 2.32. The highest BCUT2D eigenvalue weighted by atomic mass is 16.2. The van der Waals surface area contributed by atoms with Gasteiger partial charge in [0, 0.05) is 26.7 Å². The molecule has 0 bridgehead atoms. The van der Waals surface area contributed by atoms with Gasteiger partial charge in [-0.1, -0.05) is 0 Å². The summed E-state index contributed by atoms with van der Waals surface area (Å²) < 4.78 is 0. The molecule has 0 aliphatic carbocycles. The van der Waals surface area contributed by atoms with Gasteiger partial charge in [-0.25, -0.2) is 4.79 Å². The molecule has 0 saturated carbocycles. The van der Waals surface area contributed by atoms with E-state index in [2.05, 4.69) is 23.7 Å². The second-order valence-electron chi connectivity index (χ2n) is 4.81. The van der Waals surface area contributed by atoms with Crippen molar-refractivity contribution in [2.45, 2.75) is 19.9 Å². The van der Waals surface area contributed by atoms with E-state index in [0.29, 0.717) is 25.1 Å². The van der Waals surface area contributed by atoms with Crippen LogP contribution in [0.15, 0.2) is 4.99 Å². The van der Waals surface area contributed by atoms with Crippen LogP contribution in [0.3, 0.4) is 0 Å². The molecule has 2 aliphatic heterocycles. The van der Waals surface area contributed by atoms with Gasteiger partial charge in [0.1, 0.15) is 11.8 Å². The Morgan fingerprint density at radius 1 is 1.24 bits per heavy atom. The van der Waals surface area contributed by atoms with Crippen LogP contribution >= 0.6 is 0 Å². The fraction of sp³-hybridized carbons (Fsp3) is 0.727. The van der Waals surface area contributed by atoms with Gasteiger partial charge >= 0.3 is 6.03 Å². The second-order valence-corrected chi connectivity index (χ2v) is 4.81. The molecule has 94 valence electrons. The van der Waals surface area contributed by atoms with Crippen LogP contribution in [0.5, 0.6) is 0 Å². The highest BCUT2D eigenvalue weighted by molar-refractivity contribution is 6.17. The molecule has 0 spiro atoms. The van der Waals surface area contributed by atoms with Gasteiger partial charge in [0.25, 0.3) is 0 Å². The zero-order valence-electron chi connectivity index (χ0n) is 10.7. The summed E-state index contributed by atoms with van der Waals surface area (Å²) in [6, 6.07) is 0.0457. The number of aliphatic imine (C=N–C) groups is 1. The minimum atomic E-state index is -0.307. The topological polar surface area (TPSA) is 56.2 Å². The molecule has 1 saturated heterocycles. The van der Waals surface area contributed by atoms with Crippen molar-refractivity contribution in [3.63, 3.8) is 0 Å². The standard InChI is InChI=1S/C11H18N4O2/c1-7(2)15-5-8-9(12-6-15)13(3)11(17)14(4)10(8)16/h7-8H,5-6H2,1-4H3. The molecule has 0 aromatic heterocycles. The fourth-order valence-electron chi connectivity index (χ4n) is 2.20. The highest BCUT2D eigenvalue weighted by Gasteiger charge is 2.43. The number of amidine groups is 1. The lowest BCUT2D eigenvalue weighted by molar-refractivity contribution is -0.131. The minimum Gasteiger partial charge on any atom is -0.284 e. The lowest BCUT2D eigenvalue weighted by Gasteiger charge is -2.41. The number of hydrogen-bond acceptors (Lipinski definition) is 4. The number of amides is 3. The molecular formula is C11H18N4O2. The van der Waals surface area contributed by atoms with Crippen molar-refractivity contribution in [1.82, 2.24) is 14.7 Å². The Morgan fingerprint density at radius 2 is 1.88 bits per heavy atom. The van der Waals surface area contributed by atoms with Gasteiger partial charge in [0.15, 0.2) is 0 Å². The van der Waals surface area contributed by atoms with Crippen LogP contribution in [0.1, 0.15) is 13.8 Å². The third kappa shape index (κ3) is 1.82. The molecule has 1 fully saturated rings. The first kappa shape index (κ1) is 12.0. The maximum atomic E-state index is 12.1. The SMILES string of the molecule is CC(C)N1CN=C2C(C1)C(=O)N(C)C(=O)N2C. The summed E-state index contributed by atoms with van der Waals surface area (Å²) in [7, 11) is 3.19. The number of hydrogen-bond donors (Lipinski definition) is 0. The second kappa shape index (κ2) is 4.10. The first-order valence-corrected chi connectivity index (χ1v) is 5.77. The van der Waals surface area contributed by atoms with Crippen LogP contribution in [-0.4, -0.2) is 65.8 Å². The Bertz CT molecular complexity index is 391. The Labute approximate surface area is 101 Å². The van der Waals surface area contributed by atoms with E-state index in [9.17, 15) is 9.59 Å². The number of nitrogens with zero attached hydrogens (tertiary/aromatic N) is 4. The van der Waals surface area contributed by atoms with Crippen LogP contribution in [0.25, 0.3) is 0 Å². The predicted octanol–water partition coefficient (Wildman–Crippen LogP) is 0.206. The van der Waals surface area contributed by atoms with Crippen molar-refractivity contribution in [2.75, 3.05) is 27.3 Å². The molecule has 17 heavy (non-hydrogen) atoms. The summed E-state index contributed by atoms with van der Waals surface area (Å²) >= 11 is 0. The van der Waals surface area contributed by atoms with Crippen molar-refractivity contribution in [3.8, 4) is 0 Å². The van der Waals surface area contributed by atoms with Crippen molar-refractivity contribution in [1.29, 1.82) is 0 Å². The van der Waals surface area contributed by atoms with Gasteiger partial charge in [-0.2, -0.15) is 0 Å². The first-order chi connectivity index (χ1) is 7.93. The largest absolute Gasteiger partial charge is 0.331 e. The molecular weight excluding hydrogens is 220 g/mol. The molecule has 6 nitrogen and oxygen atoms in total. The van der Waals surface area contributed by atoms with Crippen molar-refractivity contribution in [3.05, 3.63) is 0 Å². The van der Waals surface area contributed by atoms with E-state index in [4.69, 9.17) is 0 Å². The van der Waals surface area contributed by atoms with Gasteiger partial charge in [-0.3, -0.25) is 24.5 Å². The normalized spacial score (nSPS) is 26.4. The number of urea groups is 1. The lowest BCUT2D eigenvalue weighted by atomic mass is 10.0. The van der Waals surface area contributed by atoms with E-state index in [-0.39, 0.29) is 17.9 Å². The molecule has 0 radical (unpaired) electrons. The highest BCUT2D eigenvalue weighted by Crippen LogP contribution is 2.22. The van der Waals surface area contributed by atoms with E-state index in [1.807, 2.05) is 0 Å². The number of fused-ring (bicyclic) bond motifs is 1. The van der Waals surface area contributed by atoms with E-state index in [1.165, 1.54) is 16.8 Å². The van der Waals surface area contributed by atoms with Gasteiger partial charge in [-0.15, -0.1) is 0 Å². The Kier molecular flexibility index (Phi) is 2.91. The lowest BCUT2D eigenvalue weighted by Crippen LogP contribution is -2.61. The number of imide groups is 1. The van der Waals surface area contributed by atoms with Crippen LogP contribution in [-0.2, 0) is 4.79 Å². The molecule has 3 amide bonds. The Hall–Kier alpha value is -1.43. The molecule has 0 aromatic rings. The smallest absolute Gasteiger partial charge is 0.284 e. The predicted molar refractivity (Wildman–Crippen MR) is 63.6 cm³/mol. The summed E-state index contributed by atoms with van der Waals surface area (Å²) in [4.78, 5) is 32.9. The van der Waals surface area contributed by atoms with Crippen LogP contribution in [0, 0.1) is 5.92 Å². The zero-order valence-corrected chi connectivity index (χ0v) is 10.7. The Morgan fingerprint density at radius 3 is 2.47 bits per heavy atom. The van der Waals surface area contributed by atoms with Gasteiger partial charge in [-0.05, 0) is 13.8 Å². The van der Waals surface area contributed by atoms with E-state index >= 15 is 0 Å². The quantitative estimate of drug-likeness (QED) is 0.656. The fourth-order valence-corrected chi connectivity index (χ4v) is 2.20. The zero-order chi connectivity index (χ0) is 12.7. The Balaban J connectivity index is 2.30. The summed E-state index contributed by atoms with van der Waals surface area (Å²) in [6.07, 6.45) is 0. The first-order valence-electron chi connectivity index (χ1n) is 5.77. The molecule has 2 aliphatic rings. The van der Waals surface area contributed by atoms with Crippen LogP contribution in [0.4, 0.5) is 4.79 Å².